The molecule has 0 saturated heterocycles. The maximum absolute atomic E-state index is 11.9. The highest BCUT2D eigenvalue weighted by Gasteiger charge is 2.06. The molecule has 126 valence electrons. The van der Waals surface area contributed by atoms with E-state index in [1.165, 1.54) is 0 Å². The molecule has 3 rings (SSSR count). The predicted octanol–water partition coefficient (Wildman–Crippen LogP) is 1.84. The highest BCUT2D eigenvalue weighted by atomic mass is 16.5. The lowest BCUT2D eigenvalue weighted by molar-refractivity contribution is -0.121. The van der Waals surface area contributed by atoms with Crippen molar-refractivity contribution < 1.29 is 9.53 Å². The summed E-state index contributed by atoms with van der Waals surface area (Å²) in [4.78, 5) is 11.9. The van der Waals surface area contributed by atoms with Crippen molar-refractivity contribution in [2.75, 3.05) is 13.7 Å². The van der Waals surface area contributed by atoms with Crippen LogP contribution in [0.15, 0.2) is 42.9 Å². The molecule has 0 radical (unpaired) electrons. The molecule has 1 aromatic carbocycles. The molecule has 0 saturated carbocycles. The molecular formula is C17H21N5O2. The van der Waals surface area contributed by atoms with Crippen molar-refractivity contribution in [3.63, 3.8) is 0 Å². The normalized spacial score (nSPS) is 10.9. The van der Waals surface area contributed by atoms with Crippen LogP contribution in [0.3, 0.4) is 0 Å². The monoisotopic (exact) mass is 327 g/mol. The van der Waals surface area contributed by atoms with Crippen LogP contribution in [-0.4, -0.2) is 39.1 Å². The summed E-state index contributed by atoms with van der Waals surface area (Å²) in [6.07, 6.45) is 6.73. The number of nitrogens with one attached hydrogen (secondary N) is 1. The lowest BCUT2D eigenvalue weighted by atomic mass is 10.2. The van der Waals surface area contributed by atoms with Gasteiger partial charge in [0.2, 0.25) is 5.91 Å². The number of amides is 1. The Hall–Kier alpha value is -2.83. The van der Waals surface area contributed by atoms with Crippen molar-refractivity contribution in [3.05, 3.63) is 42.9 Å². The molecule has 0 aliphatic heterocycles. The molecule has 3 aromatic rings. The van der Waals surface area contributed by atoms with E-state index < -0.39 is 0 Å². The molecule has 0 atom stereocenters. The second kappa shape index (κ2) is 7.63. The number of methoxy groups -OCH3 is 1. The molecule has 2 heterocycles. The number of fused-ring (bicyclic) bond motifs is 1. The van der Waals surface area contributed by atoms with Crippen LogP contribution in [0.2, 0.25) is 0 Å². The van der Waals surface area contributed by atoms with Gasteiger partial charge in [-0.05, 0) is 30.7 Å². The zero-order chi connectivity index (χ0) is 16.8. The zero-order valence-corrected chi connectivity index (χ0v) is 13.7. The van der Waals surface area contributed by atoms with Gasteiger partial charge in [-0.15, -0.1) is 0 Å². The van der Waals surface area contributed by atoms with E-state index in [4.69, 9.17) is 4.74 Å². The Kier molecular flexibility index (Phi) is 5.10. The standard InChI is InChI=1S/C17H21N5O2/c1-24-15-4-5-16-14(12-15)13-20-22(16)11-6-17(23)18-7-2-9-21-10-3-8-19-21/h3-5,8,10,12-13H,2,6-7,9,11H2,1H3,(H,18,23). The molecule has 7 heteroatoms. The number of aryl methyl sites for hydroxylation is 2. The number of hydrogen-bond donors (Lipinski definition) is 1. The van der Waals surface area contributed by atoms with Crippen LogP contribution < -0.4 is 10.1 Å². The van der Waals surface area contributed by atoms with Gasteiger partial charge in [-0.2, -0.15) is 10.2 Å². The van der Waals surface area contributed by atoms with Gasteiger partial charge < -0.3 is 10.1 Å². The summed E-state index contributed by atoms with van der Waals surface area (Å²) in [7, 11) is 1.64. The molecule has 0 unspecified atom stereocenters. The number of nitrogens with zero attached hydrogens (tertiary/aromatic N) is 4. The van der Waals surface area contributed by atoms with E-state index in [0.717, 1.165) is 29.6 Å². The van der Waals surface area contributed by atoms with E-state index in [0.29, 0.717) is 19.5 Å². The molecule has 0 spiro atoms. The number of aromatic nitrogens is 4. The quantitative estimate of drug-likeness (QED) is 0.641. The molecular weight excluding hydrogens is 306 g/mol. The minimum Gasteiger partial charge on any atom is -0.497 e. The van der Waals surface area contributed by atoms with Crippen LogP contribution >= 0.6 is 0 Å². The number of benzene rings is 1. The second-order valence-electron chi connectivity index (χ2n) is 5.52. The summed E-state index contributed by atoms with van der Waals surface area (Å²) in [5, 5.41) is 12.4. The van der Waals surface area contributed by atoms with Gasteiger partial charge in [0, 0.05) is 37.3 Å². The van der Waals surface area contributed by atoms with Crippen molar-refractivity contribution in [1.29, 1.82) is 0 Å². The molecule has 2 aromatic heterocycles. The van der Waals surface area contributed by atoms with Crippen LogP contribution in [0.25, 0.3) is 10.9 Å². The lowest BCUT2D eigenvalue weighted by Crippen LogP contribution is -2.26. The van der Waals surface area contributed by atoms with Crippen LogP contribution in [0.1, 0.15) is 12.8 Å². The van der Waals surface area contributed by atoms with Gasteiger partial charge in [0.1, 0.15) is 5.75 Å². The smallest absolute Gasteiger partial charge is 0.221 e. The number of rotatable bonds is 8. The molecule has 0 fully saturated rings. The Morgan fingerprint density at radius 2 is 2.21 bits per heavy atom. The van der Waals surface area contributed by atoms with E-state index in [2.05, 4.69) is 15.5 Å². The Morgan fingerprint density at radius 1 is 1.29 bits per heavy atom. The molecule has 0 bridgehead atoms. The molecule has 1 amide bonds. The SMILES string of the molecule is COc1ccc2c(cnn2CCC(=O)NCCCn2cccn2)c1. The van der Waals surface area contributed by atoms with Crippen LogP contribution in [0, 0.1) is 0 Å². The molecule has 7 nitrogen and oxygen atoms in total. The summed E-state index contributed by atoms with van der Waals surface area (Å²) in [5.41, 5.74) is 1.00. The van der Waals surface area contributed by atoms with Gasteiger partial charge >= 0.3 is 0 Å². The van der Waals surface area contributed by atoms with E-state index in [-0.39, 0.29) is 5.91 Å². The predicted molar refractivity (Wildman–Crippen MR) is 90.8 cm³/mol. The first kappa shape index (κ1) is 16.0. The van der Waals surface area contributed by atoms with Gasteiger partial charge in [0.15, 0.2) is 0 Å². The Bertz CT molecular complexity index is 795. The van der Waals surface area contributed by atoms with Crippen molar-refractivity contribution in [1.82, 2.24) is 24.9 Å². The van der Waals surface area contributed by atoms with Gasteiger partial charge in [-0.1, -0.05) is 0 Å². The highest BCUT2D eigenvalue weighted by Crippen LogP contribution is 2.20. The van der Waals surface area contributed by atoms with Crippen molar-refractivity contribution in [2.24, 2.45) is 0 Å². The van der Waals surface area contributed by atoms with Crippen molar-refractivity contribution in [2.45, 2.75) is 25.9 Å². The highest BCUT2D eigenvalue weighted by molar-refractivity contribution is 5.80. The Labute approximate surface area is 140 Å². The third-order valence-corrected chi connectivity index (χ3v) is 3.85. The fraction of sp³-hybridized carbons (Fsp3) is 0.353. The van der Waals surface area contributed by atoms with Crippen molar-refractivity contribution >= 4 is 16.8 Å². The van der Waals surface area contributed by atoms with E-state index >= 15 is 0 Å². The van der Waals surface area contributed by atoms with Crippen LogP contribution in [0.5, 0.6) is 5.75 Å². The largest absolute Gasteiger partial charge is 0.497 e. The minimum absolute atomic E-state index is 0.0348. The summed E-state index contributed by atoms with van der Waals surface area (Å²) < 4.78 is 8.91. The van der Waals surface area contributed by atoms with Crippen LogP contribution in [0.4, 0.5) is 0 Å². The third-order valence-electron chi connectivity index (χ3n) is 3.85. The molecule has 1 N–H and O–H groups in total. The summed E-state index contributed by atoms with van der Waals surface area (Å²) >= 11 is 0. The third kappa shape index (κ3) is 3.92. The topological polar surface area (TPSA) is 74.0 Å². The van der Waals surface area contributed by atoms with Crippen molar-refractivity contribution in [3.8, 4) is 5.75 Å². The maximum Gasteiger partial charge on any atom is 0.221 e. The summed E-state index contributed by atoms with van der Waals surface area (Å²) in [6.45, 7) is 2.01. The van der Waals surface area contributed by atoms with E-state index in [9.17, 15) is 4.79 Å². The van der Waals surface area contributed by atoms with Gasteiger partial charge in [0.05, 0.1) is 25.4 Å². The molecule has 24 heavy (non-hydrogen) atoms. The van der Waals surface area contributed by atoms with Gasteiger partial charge in [-0.25, -0.2) is 0 Å². The average Bonchev–Trinajstić information content (AvgIpc) is 3.26. The number of carbonyl (C=O) groups excluding carboxylic acids is 1. The minimum atomic E-state index is 0.0348. The maximum atomic E-state index is 11.9. The summed E-state index contributed by atoms with van der Waals surface area (Å²) in [6, 6.07) is 7.69. The summed E-state index contributed by atoms with van der Waals surface area (Å²) in [5.74, 6) is 0.838. The zero-order valence-electron chi connectivity index (χ0n) is 13.7. The molecule has 0 aliphatic carbocycles. The first-order valence-electron chi connectivity index (χ1n) is 8.00. The van der Waals surface area contributed by atoms with Gasteiger partial charge in [0.25, 0.3) is 0 Å². The fourth-order valence-electron chi connectivity index (χ4n) is 2.57. The van der Waals surface area contributed by atoms with Gasteiger partial charge in [-0.3, -0.25) is 14.2 Å². The number of ether oxygens (including phenoxy) is 1. The molecule has 0 aliphatic rings. The first-order chi connectivity index (χ1) is 11.8. The second-order valence-corrected chi connectivity index (χ2v) is 5.52. The Balaban J connectivity index is 1.44. The fourth-order valence-corrected chi connectivity index (χ4v) is 2.57. The first-order valence-corrected chi connectivity index (χ1v) is 8.00. The number of carbonyl (C=O) groups is 1. The van der Waals surface area contributed by atoms with E-state index in [1.54, 1.807) is 19.5 Å². The van der Waals surface area contributed by atoms with Crippen LogP contribution in [-0.2, 0) is 17.9 Å². The van der Waals surface area contributed by atoms with E-state index in [1.807, 2.05) is 39.8 Å². The average molecular weight is 327 g/mol. The number of hydrogen-bond acceptors (Lipinski definition) is 4. The lowest BCUT2D eigenvalue weighted by Gasteiger charge is -2.07. The Morgan fingerprint density at radius 3 is 3.00 bits per heavy atom.